The molecule has 0 saturated heterocycles. The SMILES string of the molecule is Nc1ccc(Cn2cc[nH]c2=S)cc1Br. The van der Waals surface area contributed by atoms with Gasteiger partial charge < -0.3 is 15.3 Å². The molecule has 1 heterocycles. The first kappa shape index (κ1) is 10.4. The molecule has 78 valence electrons. The number of nitrogen functional groups attached to an aromatic ring is 1. The molecule has 0 spiro atoms. The molecule has 15 heavy (non-hydrogen) atoms. The van der Waals surface area contributed by atoms with E-state index in [1.807, 2.05) is 35.2 Å². The van der Waals surface area contributed by atoms with Crippen molar-refractivity contribution in [3.8, 4) is 0 Å². The summed E-state index contributed by atoms with van der Waals surface area (Å²) in [4.78, 5) is 2.96. The third-order valence-electron chi connectivity index (χ3n) is 2.14. The summed E-state index contributed by atoms with van der Waals surface area (Å²) in [6, 6.07) is 5.88. The Balaban J connectivity index is 2.29. The largest absolute Gasteiger partial charge is 0.398 e. The quantitative estimate of drug-likeness (QED) is 0.658. The average Bonchev–Trinajstić information content (AvgIpc) is 2.59. The zero-order chi connectivity index (χ0) is 10.8. The number of hydrogen-bond donors (Lipinski definition) is 2. The van der Waals surface area contributed by atoms with E-state index in [-0.39, 0.29) is 0 Å². The highest BCUT2D eigenvalue weighted by Gasteiger charge is 1.99. The van der Waals surface area contributed by atoms with E-state index in [2.05, 4.69) is 20.9 Å². The number of nitrogens with two attached hydrogens (primary N) is 1. The Kier molecular flexibility index (Phi) is 2.93. The topological polar surface area (TPSA) is 46.7 Å². The summed E-state index contributed by atoms with van der Waals surface area (Å²) >= 11 is 8.51. The van der Waals surface area contributed by atoms with Gasteiger partial charge in [-0.1, -0.05) is 6.07 Å². The van der Waals surface area contributed by atoms with Gasteiger partial charge in [0.25, 0.3) is 0 Å². The van der Waals surface area contributed by atoms with Crippen LogP contribution in [0.4, 0.5) is 5.69 Å². The maximum Gasteiger partial charge on any atom is 0.177 e. The molecule has 1 aromatic carbocycles. The first-order valence-electron chi connectivity index (χ1n) is 4.44. The van der Waals surface area contributed by atoms with E-state index >= 15 is 0 Å². The number of rotatable bonds is 2. The van der Waals surface area contributed by atoms with Crippen molar-refractivity contribution in [3.05, 3.63) is 45.4 Å². The molecular weight excluding hydrogens is 274 g/mol. The van der Waals surface area contributed by atoms with Gasteiger partial charge in [-0.05, 0) is 45.8 Å². The highest BCUT2D eigenvalue weighted by molar-refractivity contribution is 9.10. The van der Waals surface area contributed by atoms with Crippen LogP contribution in [0.25, 0.3) is 0 Å². The summed E-state index contributed by atoms with van der Waals surface area (Å²) in [6.07, 6.45) is 3.75. The fourth-order valence-corrected chi connectivity index (χ4v) is 1.96. The van der Waals surface area contributed by atoms with Gasteiger partial charge in [-0.15, -0.1) is 0 Å². The monoisotopic (exact) mass is 283 g/mol. The summed E-state index contributed by atoms with van der Waals surface area (Å²) in [7, 11) is 0. The highest BCUT2D eigenvalue weighted by Crippen LogP contribution is 2.20. The zero-order valence-corrected chi connectivity index (χ0v) is 10.3. The summed E-state index contributed by atoms with van der Waals surface area (Å²) in [6.45, 7) is 0.751. The molecule has 3 N–H and O–H groups in total. The lowest BCUT2D eigenvalue weighted by molar-refractivity contribution is 0.784. The third kappa shape index (κ3) is 2.30. The molecule has 2 rings (SSSR count). The Labute approximate surface area is 101 Å². The fourth-order valence-electron chi connectivity index (χ4n) is 1.34. The van der Waals surface area contributed by atoms with Crippen molar-refractivity contribution >= 4 is 33.8 Å². The van der Waals surface area contributed by atoms with E-state index in [4.69, 9.17) is 18.0 Å². The molecule has 0 bridgehead atoms. The molecular formula is C10H10BrN3S. The predicted molar refractivity (Wildman–Crippen MR) is 67.3 cm³/mol. The molecule has 5 heteroatoms. The van der Waals surface area contributed by atoms with E-state index in [9.17, 15) is 0 Å². The number of anilines is 1. The summed E-state index contributed by atoms with van der Waals surface area (Å²) < 4.78 is 3.61. The van der Waals surface area contributed by atoms with Crippen LogP contribution >= 0.6 is 28.1 Å². The van der Waals surface area contributed by atoms with Gasteiger partial charge in [0.2, 0.25) is 0 Å². The molecule has 1 aromatic heterocycles. The van der Waals surface area contributed by atoms with Gasteiger partial charge in [0, 0.05) is 29.1 Å². The van der Waals surface area contributed by atoms with Crippen molar-refractivity contribution in [1.82, 2.24) is 9.55 Å². The first-order chi connectivity index (χ1) is 7.16. The van der Waals surface area contributed by atoms with Gasteiger partial charge in [-0.25, -0.2) is 0 Å². The number of nitrogens with zero attached hydrogens (tertiary/aromatic N) is 1. The van der Waals surface area contributed by atoms with Crippen LogP contribution in [0.1, 0.15) is 5.56 Å². The molecule has 0 radical (unpaired) electrons. The van der Waals surface area contributed by atoms with Gasteiger partial charge in [-0.3, -0.25) is 0 Å². The number of benzene rings is 1. The lowest BCUT2D eigenvalue weighted by Crippen LogP contribution is -1.98. The summed E-state index contributed by atoms with van der Waals surface area (Å²) in [5.74, 6) is 0. The van der Waals surface area contributed by atoms with Crippen molar-refractivity contribution in [3.63, 3.8) is 0 Å². The molecule has 0 aliphatic rings. The molecule has 0 aliphatic heterocycles. The van der Waals surface area contributed by atoms with Crippen LogP contribution in [-0.2, 0) is 6.54 Å². The van der Waals surface area contributed by atoms with Crippen molar-refractivity contribution in [2.75, 3.05) is 5.73 Å². The Morgan fingerprint density at radius 3 is 2.87 bits per heavy atom. The number of imidazole rings is 1. The minimum Gasteiger partial charge on any atom is -0.398 e. The van der Waals surface area contributed by atoms with Crippen molar-refractivity contribution < 1.29 is 0 Å². The molecule has 0 amide bonds. The van der Waals surface area contributed by atoms with Crippen LogP contribution in [-0.4, -0.2) is 9.55 Å². The second-order valence-corrected chi connectivity index (χ2v) is 4.49. The Morgan fingerprint density at radius 1 is 1.47 bits per heavy atom. The number of nitrogens with one attached hydrogen (secondary N) is 1. The fraction of sp³-hybridized carbons (Fsp3) is 0.100. The van der Waals surface area contributed by atoms with E-state index in [1.54, 1.807) is 0 Å². The lowest BCUT2D eigenvalue weighted by atomic mass is 10.2. The van der Waals surface area contributed by atoms with Crippen molar-refractivity contribution in [2.24, 2.45) is 0 Å². The average molecular weight is 284 g/mol. The maximum atomic E-state index is 5.71. The van der Waals surface area contributed by atoms with Crippen LogP contribution in [0.15, 0.2) is 35.1 Å². The van der Waals surface area contributed by atoms with Gasteiger partial charge >= 0.3 is 0 Å². The number of aromatic nitrogens is 2. The van der Waals surface area contributed by atoms with Crippen LogP contribution in [0.3, 0.4) is 0 Å². The number of halogens is 1. The number of aromatic amines is 1. The minimum atomic E-state index is 0.725. The van der Waals surface area contributed by atoms with E-state index < -0.39 is 0 Å². The Morgan fingerprint density at radius 2 is 2.27 bits per heavy atom. The van der Waals surface area contributed by atoms with Gasteiger partial charge in [0.15, 0.2) is 4.77 Å². The Bertz CT molecular complexity index is 529. The third-order valence-corrected chi connectivity index (χ3v) is 3.18. The standard InChI is InChI=1S/C10H10BrN3S/c11-8-5-7(1-2-9(8)12)6-14-4-3-13-10(14)15/h1-5H,6,12H2,(H,13,15). The van der Waals surface area contributed by atoms with Gasteiger partial charge in [0.1, 0.15) is 0 Å². The highest BCUT2D eigenvalue weighted by atomic mass is 79.9. The minimum absolute atomic E-state index is 0.725. The molecule has 0 fully saturated rings. The molecule has 0 aliphatic carbocycles. The molecule has 0 unspecified atom stereocenters. The van der Waals surface area contributed by atoms with Crippen LogP contribution in [0, 0.1) is 4.77 Å². The normalized spacial score (nSPS) is 10.5. The van der Waals surface area contributed by atoms with E-state index in [0.29, 0.717) is 0 Å². The van der Waals surface area contributed by atoms with Gasteiger partial charge in [-0.2, -0.15) is 0 Å². The van der Waals surface area contributed by atoms with E-state index in [1.165, 1.54) is 0 Å². The summed E-state index contributed by atoms with van der Waals surface area (Å²) in [5, 5.41) is 0. The first-order valence-corrected chi connectivity index (χ1v) is 5.64. The van der Waals surface area contributed by atoms with Gasteiger partial charge in [0.05, 0.1) is 0 Å². The number of hydrogen-bond acceptors (Lipinski definition) is 2. The Hall–Kier alpha value is -1.07. The second kappa shape index (κ2) is 4.20. The molecule has 2 aromatic rings. The van der Waals surface area contributed by atoms with Crippen LogP contribution in [0.2, 0.25) is 0 Å². The molecule has 0 atom stereocenters. The van der Waals surface area contributed by atoms with Crippen LogP contribution < -0.4 is 5.73 Å². The van der Waals surface area contributed by atoms with Crippen molar-refractivity contribution in [1.29, 1.82) is 0 Å². The zero-order valence-electron chi connectivity index (χ0n) is 7.90. The maximum absolute atomic E-state index is 5.71. The molecule has 0 saturated carbocycles. The predicted octanol–water partition coefficient (Wildman–Crippen LogP) is 2.94. The lowest BCUT2D eigenvalue weighted by Gasteiger charge is -2.04. The van der Waals surface area contributed by atoms with E-state index in [0.717, 1.165) is 27.0 Å². The summed E-state index contributed by atoms with van der Waals surface area (Å²) in [5.41, 5.74) is 7.62. The second-order valence-electron chi connectivity index (χ2n) is 3.25. The van der Waals surface area contributed by atoms with Crippen molar-refractivity contribution in [2.45, 2.75) is 6.54 Å². The molecule has 3 nitrogen and oxygen atoms in total. The van der Waals surface area contributed by atoms with Crippen LogP contribution in [0.5, 0.6) is 0 Å². The number of H-pyrrole nitrogens is 1. The smallest absolute Gasteiger partial charge is 0.177 e.